The number of esters is 2. The fourth-order valence-corrected chi connectivity index (χ4v) is 7.37. The second kappa shape index (κ2) is 55.9. The molecule has 0 radical (unpaired) electrons. The molecule has 0 aromatic heterocycles. The number of carbonyl (C=O) groups is 2. The third-order valence-corrected chi connectivity index (χ3v) is 11.6. The molecule has 3 N–H and O–H groups in total. The molecule has 2 atom stereocenters. The van der Waals surface area contributed by atoms with Crippen LogP contribution in [0.4, 0.5) is 0 Å². The van der Waals surface area contributed by atoms with Crippen molar-refractivity contribution in [2.75, 3.05) is 26.4 Å². The Labute approximate surface area is 438 Å². The summed E-state index contributed by atoms with van der Waals surface area (Å²) in [7, 11) is -4.41. The Morgan fingerprint density at radius 3 is 1.18 bits per heavy atom. The molecule has 0 amide bonds. The van der Waals surface area contributed by atoms with Gasteiger partial charge < -0.3 is 20.1 Å². The van der Waals surface area contributed by atoms with Crippen LogP contribution in [-0.2, 0) is 32.7 Å². The first-order valence-electron chi connectivity index (χ1n) is 27.5. The van der Waals surface area contributed by atoms with Gasteiger partial charge in [-0.3, -0.25) is 18.6 Å². The Balaban J connectivity index is 4.11. The molecular weight excluding hydrogens is 918 g/mol. The quantitative estimate of drug-likeness (QED) is 0.0264. The van der Waals surface area contributed by atoms with Gasteiger partial charge in [-0.1, -0.05) is 204 Å². The van der Waals surface area contributed by atoms with Crippen LogP contribution in [0.1, 0.15) is 187 Å². The third kappa shape index (κ3) is 55.0. The fourth-order valence-electron chi connectivity index (χ4n) is 6.61. The Kier molecular flexibility index (Phi) is 52.5. The van der Waals surface area contributed by atoms with Crippen molar-refractivity contribution < 1.29 is 37.6 Å². The van der Waals surface area contributed by atoms with E-state index in [1.54, 1.807) is 0 Å². The van der Waals surface area contributed by atoms with Crippen molar-refractivity contribution in [3.8, 4) is 0 Å². The molecule has 9 nitrogen and oxygen atoms in total. The van der Waals surface area contributed by atoms with E-state index in [1.807, 2.05) is 0 Å². The number of hydrogen-bond acceptors (Lipinski definition) is 8. The van der Waals surface area contributed by atoms with Crippen LogP contribution in [0.2, 0.25) is 0 Å². The molecular formula is C62H98NO8P. The summed E-state index contributed by atoms with van der Waals surface area (Å²) in [5.41, 5.74) is 5.36. The first-order chi connectivity index (χ1) is 35.3. The lowest BCUT2D eigenvalue weighted by Gasteiger charge is -2.19. The van der Waals surface area contributed by atoms with Gasteiger partial charge in [0.2, 0.25) is 0 Å². The lowest BCUT2D eigenvalue weighted by atomic mass is 10.1. The zero-order chi connectivity index (χ0) is 52.4. The largest absolute Gasteiger partial charge is 0.472 e. The van der Waals surface area contributed by atoms with E-state index in [4.69, 9.17) is 24.3 Å². The molecule has 0 saturated carbocycles. The summed E-state index contributed by atoms with van der Waals surface area (Å²) < 4.78 is 32.8. The topological polar surface area (TPSA) is 134 Å². The molecule has 0 aromatic carbocycles. The lowest BCUT2D eigenvalue weighted by molar-refractivity contribution is -0.161. The molecule has 0 fully saturated rings. The summed E-state index contributed by atoms with van der Waals surface area (Å²) >= 11 is 0. The monoisotopic (exact) mass is 1020 g/mol. The summed E-state index contributed by atoms with van der Waals surface area (Å²) in [4.78, 5) is 35.0. The van der Waals surface area contributed by atoms with Gasteiger partial charge in [-0.15, -0.1) is 0 Å². The second-order valence-electron chi connectivity index (χ2n) is 17.4. The van der Waals surface area contributed by atoms with Crippen molar-refractivity contribution in [1.29, 1.82) is 0 Å². The van der Waals surface area contributed by atoms with Crippen LogP contribution in [0, 0.1) is 0 Å². The normalized spacial score (nSPS) is 14.3. The highest BCUT2D eigenvalue weighted by molar-refractivity contribution is 7.47. The molecule has 0 heterocycles. The Hall–Kier alpha value is -4.37. The number of nitrogens with two attached hydrogens (primary N) is 1. The van der Waals surface area contributed by atoms with E-state index in [9.17, 15) is 19.0 Å². The molecule has 0 aliphatic heterocycles. The predicted octanol–water partition coefficient (Wildman–Crippen LogP) is 17.3. The van der Waals surface area contributed by atoms with E-state index >= 15 is 0 Å². The zero-order valence-corrected chi connectivity index (χ0v) is 45.7. The fraction of sp³-hybridized carbons (Fsp3) is 0.548. The van der Waals surface area contributed by atoms with E-state index in [1.165, 1.54) is 19.3 Å². The van der Waals surface area contributed by atoms with Crippen molar-refractivity contribution in [2.24, 2.45) is 5.73 Å². The molecule has 0 aliphatic rings. The molecule has 0 bridgehead atoms. The van der Waals surface area contributed by atoms with Gasteiger partial charge in [-0.25, -0.2) is 4.57 Å². The highest BCUT2D eigenvalue weighted by Crippen LogP contribution is 2.43. The van der Waals surface area contributed by atoms with Gasteiger partial charge in [0, 0.05) is 19.4 Å². The first kappa shape index (κ1) is 67.6. The van der Waals surface area contributed by atoms with Gasteiger partial charge in [-0.05, 0) is 128 Å². The number of carbonyl (C=O) groups excluding carboxylic acids is 2. The minimum absolute atomic E-state index is 0.0367. The Morgan fingerprint density at radius 1 is 0.431 bits per heavy atom. The molecule has 404 valence electrons. The van der Waals surface area contributed by atoms with E-state index < -0.39 is 32.5 Å². The summed E-state index contributed by atoms with van der Waals surface area (Å²) in [6.45, 7) is 3.50. The van der Waals surface area contributed by atoms with Crippen LogP contribution in [0.25, 0.3) is 0 Å². The van der Waals surface area contributed by atoms with Crippen LogP contribution in [0.3, 0.4) is 0 Å². The van der Waals surface area contributed by atoms with E-state index in [-0.39, 0.29) is 32.6 Å². The number of rotatable bonds is 49. The molecule has 0 saturated heterocycles. The minimum Gasteiger partial charge on any atom is -0.462 e. The van der Waals surface area contributed by atoms with Crippen LogP contribution in [-0.4, -0.2) is 49.3 Å². The van der Waals surface area contributed by atoms with Crippen LogP contribution < -0.4 is 5.73 Å². The molecule has 0 rings (SSSR count). The van der Waals surface area contributed by atoms with Crippen LogP contribution in [0.5, 0.6) is 0 Å². The summed E-state index contributed by atoms with van der Waals surface area (Å²) in [6, 6.07) is 0. The number of unbranched alkanes of at least 4 members (excludes halogenated alkanes) is 10. The number of allylic oxidation sites excluding steroid dienone is 26. The third-order valence-electron chi connectivity index (χ3n) is 10.6. The first-order valence-corrected chi connectivity index (χ1v) is 29.0. The predicted molar refractivity (Wildman–Crippen MR) is 306 cm³/mol. The molecule has 2 unspecified atom stereocenters. The number of phosphoric acid groups is 1. The van der Waals surface area contributed by atoms with E-state index in [0.29, 0.717) is 12.8 Å². The Morgan fingerprint density at radius 2 is 0.764 bits per heavy atom. The van der Waals surface area contributed by atoms with Crippen molar-refractivity contribution in [1.82, 2.24) is 0 Å². The standard InChI is InChI=1S/C62H98NO8P/c1-3-5-7-9-11-13-15-17-18-19-20-21-22-23-24-25-26-27-28-29-30-31-32-33-34-35-36-37-38-39-40-41-42-43-45-47-49-51-53-55-62(65)71-60(59-70-72(66,67)69-57-56-63)58-68-61(64)54-52-50-48-46-44-16-14-12-10-8-6-4-2/h5,7,11-14,17-18,20-21,23-24,26-27,29-30,32-33,35-36,38-39,41-42,45,47,60H,3-4,6,8-10,15-16,19,22,25,28,31,34,37,40,43-44,46,48-59,63H2,1-2H3,(H,66,67)/b7-5-,13-11-,14-12-,18-17-,21-20-,24-23-,27-26-,30-29-,33-32-,36-35-,39-38-,42-41-,47-45-. The van der Waals surface area contributed by atoms with Gasteiger partial charge in [-0.2, -0.15) is 0 Å². The SMILES string of the molecule is CC/C=C\C/C=C\C/C=C\C/C=C\C/C=C\C/C=C\C/C=C\C/C=C\C/C=C\C/C=C\C/C=C\C/C=C\CCCCC(=O)OC(COC(=O)CCCCCCC/C=C\CCCCC)COP(=O)(O)OCCN. The van der Waals surface area contributed by atoms with Gasteiger partial charge in [0.05, 0.1) is 13.2 Å². The number of hydrogen-bond donors (Lipinski definition) is 2. The van der Waals surface area contributed by atoms with Crippen molar-refractivity contribution >= 4 is 19.8 Å². The van der Waals surface area contributed by atoms with Crippen molar-refractivity contribution in [3.05, 3.63) is 158 Å². The maximum absolute atomic E-state index is 12.6. The molecule has 0 spiro atoms. The second-order valence-corrected chi connectivity index (χ2v) is 18.8. The molecule has 0 aromatic rings. The van der Waals surface area contributed by atoms with E-state index in [2.05, 4.69) is 172 Å². The van der Waals surface area contributed by atoms with Gasteiger partial charge in [0.25, 0.3) is 0 Å². The van der Waals surface area contributed by atoms with Gasteiger partial charge >= 0.3 is 19.8 Å². The maximum atomic E-state index is 12.6. The van der Waals surface area contributed by atoms with Crippen molar-refractivity contribution in [3.63, 3.8) is 0 Å². The summed E-state index contributed by atoms with van der Waals surface area (Å²) in [6.07, 6.45) is 81.7. The Bertz CT molecular complexity index is 1730. The van der Waals surface area contributed by atoms with Crippen molar-refractivity contribution in [2.45, 2.75) is 193 Å². The molecule has 0 aliphatic carbocycles. The van der Waals surface area contributed by atoms with Crippen LogP contribution in [0.15, 0.2) is 158 Å². The molecule has 10 heteroatoms. The van der Waals surface area contributed by atoms with Crippen LogP contribution >= 0.6 is 7.82 Å². The smallest absolute Gasteiger partial charge is 0.462 e. The number of phosphoric ester groups is 1. The summed E-state index contributed by atoms with van der Waals surface area (Å²) in [5.74, 6) is -0.905. The number of ether oxygens (including phenoxy) is 2. The van der Waals surface area contributed by atoms with Gasteiger partial charge in [0.15, 0.2) is 6.10 Å². The summed E-state index contributed by atoms with van der Waals surface area (Å²) in [5, 5.41) is 0. The van der Waals surface area contributed by atoms with Gasteiger partial charge in [0.1, 0.15) is 6.61 Å². The average Bonchev–Trinajstić information content (AvgIpc) is 3.37. The highest BCUT2D eigenvalue weighted by Gasteiger charge is 2.26. The highest BCUT2D eigenvalue weighted by atomic mass is 31.2. The average molecular weight is 1020 g/mol. The molecule has 72 heavy (non-hydrogen) atoms. The minimum atomic E-state index is -4.41. The van der Waals surface area contributed by atoms with E-state index in [0.717, 1.165) is 128 Å². The maximum Gasteiger partial charge on any atom is 0.472 e. The zero-order valence-electron chi connectivity index (χ0n) is 44.8. The lowest BCUT2D eigenvalue weighted by Crippen LogP contribution is -2.29.